The van der Waals surface area contributed by atoms with E-state index in [2.05, 4.69) is 63.0 Å². The zero-order valence-corrected chi connectivity index (χ0v) is 22.9. The molecule has 4 heterocycles. The van der Waals surface area contributed by atoms with E-state index in [-0.39, 0.29) is 18.0 Å². The molecule has 1 aliphatic heterocycles. The molecule has 7 nitrogen and oxygen atoms in total. The van der Waals surface area contributed by atoms with Crippen LogP contribution in [-0.2, 0) is 4.79 Å². The highest BCUT2D eigenvalue weighted by Crippen LogP contribution is 2.41. The van der Waals surface area contributed by atoms with E-state index in [0.717, 1.165) is 45.3 Å². The summed E-state index contributed by atoms with van der Waals surface area (Å²) in [5.74, 6) is 0.839. The van der Waals surface area contributed by atoms with E-state index >= 15 is 0 Å². The molecule has 1 amide bonds. The number of aryl methyl sites for hydroxylation is 3. The maximum Gasteiger partial charge on any atom is 0.226 e. The van der Waals surface area contributed by atoms with Crippen LogP contribution in [-0.4, -0.2) is 37.0 Å². The number of carbonyl (C=O) groups is 1. The molecule has 0 unspecified atom stereocenters. The number of benzene rings is 1. The van der Waals surface area contributed by atoms with Crippen LogP contribution in [0.5, 0.6) is 0 Å². The molecular weight excluding hydrogens is 492 g/mol. The predicted octanol–water partition coefficient (Wildman–Crippen LogP) is 5.50. The average Bonchev–Trinajstić information content (AvgIpc) is 3.37. The van der Waals surface area contributed by atoms with Gasteiger partial charge in [-0.05, 0) is 99.1 Å². The van der Waals surface area contributed by atoms with Crippen LogP contribution in [0.1, 0.15) is 52.3 Å². The topological polar surface area (TPSA) is 75.1 Å². The Labute approximate surface area is 228 Å². The van der Waals surface area contributed by atoms with Gasteiger partial charge in [-0.15, -0.1) is 0 Å². The minimum Gasteiger partial charge on any atom is -0.352 e. The quantitative estimate of drug-likeness (QED) is 0.311. The zero-order chi connectivity index (χ0) is 26.8. The lowest BCUT2D eigenvalue weighted by Crippen LogP contribution is -2.32. The average molecular weight is 525 g/mol. The molecule has 0 saturated carbocycles. The maximum absolute atomic E-state index is 12.9. The first kappa shape index (κ1) is 25.6. The summed E-state index contributed by atoms with van der Waals surface area (Å²) in [7, 11) is 0. The second-order valence-electron chi connectivity index (χ2n) is 9.84. The van der Waals surface area contributed by atoms with Crippen molar-refractivity contribution in [1.29, 1.82) is 0 Å². The van der Waals surface area contributed by atoms with E-state index in [0.29, 0.717) is 18.1 Å². The number of hydrogen-bond acceptors (Lipinski definition) is 4. The molecule has 4 aromatic rings. The molecule has 0 radical (unpaired) electrons. The number of nitrogens with one attached hydrogen (secondary N) is 2. The van der Waals surface area contributed by atoms with E-state index in [4.69, 9.17) is 12.2 Å². The van der Waals surface area contributed by atoms with Crippen LogP contribution in [0, 0.1) is 27.7 Å². The highest BCUT2D eigenvalue weighted by molar-refractivity contribution is 7.80. The highest BCUT2D eigenvalue weighted by Gasteiger charge is 2.41. The van der Waals surface area contributed by atoms with Crippen LogP contribution < -0.4 is 10.6 Å². The largest absolute Gasteiger partial charge is 0.352 e. The minimum atomic E-state index is -0.150. The molecule has 1 aliphatic rings. The van der Waals surface area contributed by atoms with Gasteiger partial charge in [0.05, 0.1) is 17.8 Å². The van der Waals surface area contributed by atoms with Crippen LogP contribution in [0.3, 0.4) is 0 Å². The summed E-state index contributed by atoms with van der Waals surface area (Å²) in [6.07, 6.45) is 3.94. The number of aromatic nitrogens is 3. The molecule has 5 rings (SSSR count). The molecule has 1 fully saturated rings. The Hall–Kier alpha value is -4.04. The number of rotatable bonds is 7. The number of carbonyl (C=O) groups excluding carboxylic acids is 1. The number of pyridine rings is 2. The molecule has 2 atom stereocenters. The summed E-state index contributed by atoms with van der Waals surface area (Å²) in [6.45, 7) is 8.77. The van der Waals surface area contributed by atoms with Gasteiger partial charge in [0.15, 0.2) is 5.11 Å². The van der Waals surface area contributed by atoms with Crippen molar-refractivity contribution >= 4 is 28.9 Å². The standard InChI is InChI=1S/C30H32N6OS/c1-19-8-7-9-23(16-19)33-27(37)12-15-35-29(28(34-30(35)38)25-10-5-6-13-31-25)24-18-21(3)36(22(24)4)26-17-20(2)11-14-32-26/h5-11,13-14,16-18,28-29H,12,15H2,1-4H3,(H,33,37)(H,34,38)/t28-,29+/m1/s1. The normalized spacial score (nSPS) is 16.9. The third-order valence-electron chi connectivity index (χ3n) is 7.00. The summed E-state index contributed by atoms with van der Waals surface area (Å²) in [5.41, 5.74) is 7.27. The first-order valence-corrected chi connectivity index (χ1v) is 13.2. The third kappa shape index (κ3) is 5.17. The number of nitrogens with zero attached hydrogens (tertiary/aromatic N) is 4. The van der Waals surface area contributed by atoms with Crippen LogP contribution in [0.4, 0.5) is 5.69 Å². The van der Waals surface area contributed by atoms with Crippen molar-refractivity contribution in [3.05, 3.63) is 107 Å². The Morgan fingerprint density at radius 2 is 1.79 bits per heavy atom. The van der Waals surface area contributed by atoms with Gasteiger partial charge < -0.3 is 20.1 Å². The van der Waals surface area contributed by atoms with Gasteiger partial charge in [-0.3, -0.25) is 9.78 Å². The first-order valence-electron chi connectivity index (χ1n) is 12.8. The fourth-order valence-electron chi connectivity index (χ4n) is 5.24. The molecular formula is C30H32N6OS. The number of hydrogen-bond donors (Lipinski definition) is 2. The molecule has 1 aromatic carbocycles. The van der Waals surface area contributed by atoms with Gasteiger partial charge in [0.25, 0.3) is 0 Å². The third-order valence-corrected chi connectivity index (χ3v) is 7.35. The van der Waals surface area contributed by atoms with Crippen molar-refractivity contribution < 1.29 is 4.79 Å². The van der Waals surface area contributed by atoms with E-state index < -0.39 is 0 Å². The summed E-state index contributed by atoms with van der Waals surface area (Å²) < 4.78 is 2.18. The van der Waals surface area contributed by atoms with Crippen LogP contribution in [0.15, 0.2) is 73.1 Å². The van der Waals surface area contributed by atoms with Gasteiger partial charge in [0, 0.05) is 42.4 Å². The van der Waals surface area contributed by atoms with Crippen molar-refractivity contribution in [1.82, 2.24) is 24.8 Å². The second kappa shape index (κ2) is 10.8. The Kier molecular flexibility index (Phi) is 7.24. The predicted molar refractivity (Wildman–Crippen MR) is 154 cm³/mol. The molecule has 3 aromatic heterocycles. The van der Waals surface area contributed by atoms with E-state index in [1.54, 1.807) is 6.20 Å². The fraction of sp³-hybridized carbons (Fsp3) is 0.267. The van der Waals surface area contributed by atoms with Crippen molar-refractivity contribution in [3.8, 4) is 5.82 Å². The molecule has 8 heteroatoms. The lowest BCUT2D eigenvalue weighted by atomic mass is 9.96. The number of anilines is 1. The van der Waals surface area contributed by atoms with E-state index in [1.807, 2.05) is 61.7 Å². The highest BCUT2D eigenvalue weighted by atomic mass is 32.1. The van der Waals surface area contributed by atoms with Gasteiger partial charge in [0.1, 0.15) is 5.82 Å². The van der Waals surface area contributed by atoms with E-state index in [9.17, 15) is 4.79 Å². The van der Waals surface area contributed by atoms with Gasteiger partial charge >= 0.3 is 0 Å². The molecule has 0 aliphatic carbocycles. The lowest BCUT2D eigenvalue weighted by molar-refractivity contribution is -0.116. The molecule has 2 N–H and O–H groups in total. The minimum absolute atomic E-state index is 0.0483. The summed E-state index contributed by atoms with van der Waals surface area (Å²) >= 11 is 5.82. The lowest BCUT2D eigenvalue weighted by Gasteiger charge is -2.28. The van der Waals surface area contributed by atoms with Gasteiger partial charge in [-0.1, -0.05) is 18.2 Å². The number of thiocarbonyl (C=S) groups is 1. The van der Waals surface area contributed by atoms with Crippen molar-refractivity contribution in [3.63, 3.8) is 0 Å². The molecule has 194 valence electrons. The Bertz CT molecular complexity index is 1480. The monoisotopic (exact) mass is 524 g/mol. The Morgan fingerprint density at radius 1 is 0.974 bits per heavy atom. The second-order valence-corrected chi connectivity index (χ2v) is 10.2. The van der Waals surface area contributed by atoms with Gasteiger partial charge in [-0.25, -0.2) is 4.98 Å². The zero-order valence-electron chi connectivity index (χ0n) is 22.1. The number of amides is 1. The summed E-state index contributed by atoms with van der Waals surface area (Å²) in [5, 5.41) is 7.13. The van der Waals surface area contributed by atoms with Gasteiger partial charge in [0.2, 0.25) is 5.91 Å². The first-order chi connectivity index (χ1) is 18.3. The fourth-order valence-corrected chi connectivity index (χ4v) is 5.57. The Balaban J connectivity index is 1.47. The molecule has 0 bridgehead atoms. The Morgan fingerprint density at radius 3 is 2.53 bits per heavy atom. The van der Waals surface area contributed by atoms with Crippen LogP contribution in [0.25, 0.3) is 5.82 Å². The summed E-state index contributed by atoms with van der Waals surface area (Å²) in [4.78, 5) is 24.3. The van der Waals surface area contributed by atoms with Crippen molar-refractivity contribution in [2.24, 2.45) is 0 Å². The van der Waals surface area contributed by atoms with Crippen LogP contribution in [0.2, 0.25) is 0 Å². The summed E-state index contributed by atoms with van der Waals surface area (Å²) in [6, 6.07) is 19.7. The molecule has 1 saturated heterocycles. The van der Waals surface area contributed by atoms with Gasteiger partial charge in [-0.2, -0.15) is 0 Å². The van der Waals surface area contributed by atoms with Crippen LogP contribution >= 0.6 is 12.2 Å². The smallest absolute Gasteiger partial charge is 0.226 e. The van der Waals surface area contributed by atoms with Crippen molar-refractivity contribution in [2.45, 2.75) is 46.2 Å². The molecule has 38 heavy (non-hydrogen) atoms. The van der Waals surface area contributed by atoms with E-state index in [1.165, 1.54) is 0 Å². The molecule has 0 spiro atoms. The maximum atomic E-state index is 12.9. The van der Waals surface area contributed by atoms with Crippen molar-refractivity contribution in [2.75, 3.05) is 11.9 Å². The SMILES string of the molecule is Cc1cccc(NC(=O)CCN2C(=S)N[C@H](c3ccccn3)[C@@H]2c2cc(C)n(-c3cc(C)ccn3)c2C)c1.